The van der Waals surface area contributed by atoms with E-state index in [1.165, 1.54) is 19.3 Å². The van der Waals surface area contributed by atoms with Crippen LogP contribution in [-0.4, -0.2) is 66.4 Å². The fraction of sp³-hybridized carbons (Fsp3) is 0.864. The molecule has 1 aliphatic carbocycles. The van der Waals surface area contributed by atoms with Crippen molar-refractivity contribution in [2.24, 2.45) is 11.8 Å². The molecule has 2 aliphatic heterocycles. The number of nitrogens with one attached hydrogen (secondary N) is 2. The molecule has 2 N–H and O–H groups in total. The van der Waals surface area contributed by atoms with Crippen molar-refractivity contribution in [2.45, 2.75) is 77.2 Å². The van der Waals surface area contributed by atoms with Crippen LogP contribution in [0.4, 0.5) is 4.79 Å². The zero-order valence-electron chi connectivity index (χ0n) is 18.0. The van der Waals surface area contributed by atoms with Gasteiger partial charge in [-0.25, -0.2) is 4.79 Å². The SMILES string of the molecule is CC1CCCCC1NC(=O)NC(=O)CN1CCC(C(=O)N2CCCCCC2)CC1. The molecule has 4 amide bonds. The number of nitrogens with zero attached hydrogens (tertiary/aromatic N) is 2. The van der Waals surface area contributed by atoms with Gasteiger partial charge < -0.3 is 10.2 Å². The Bertz CT molecular complexity index is 566. The van der Waals surface area contributed by atoms with Gasteiger partial charge in [-0.3, -0.25) is 19.8 Å². The highest BCUT2D eigenvalue weighted by molar-refractivity contribution is 5.95. The van der Waals surface area contributed by atoms with Crippen LogP contribution in [0.2, 0.25) is 0 Å². The topological polar surface area (TPSA) is 81.8 Å². The summed E-state index contributed by atoms with van der Waals surface area (Å²) >= 11 is 0. The van der Waals surface area contributed by atoms with E-state index in [1.54, 1.807) is 0 Å². The first kappa shape index (κ1) is 22.1. The van der Waals surface area contributed by atoms with E-state index in [0.717, 1.165) is 71.1 Å². The first-order valence-corrected chi connectivity index (χ1v) is 11.6. The number of amides is 4. The van der Waals surface area contributed by atoms with Gasteiger partial charge in [-0.2, -0.15) is 0 Å². The summed E-state index contributed by atoms with van der Waals surface area (Å²) in [6.07, 6.45) is 10.8. The molecule has 1 saturated carbocycles. The summed E-state index contributed by atoms with van der Waals surface area (Å²) in [6.45, 7) is 5.64. The fourth-order valence-electron chi connectivity index (χ4n) is 4.99. The van der Waals surface area contributed by atoms with Crippen molar-refractivity contribution in [2.75, 3.05) is 32.7 Å². The van der Waals surface area contributed by atoms with Crippen LogP contribution in [0.5, 0.6) is 0 Å². The summed E-state index contributed by atoms with van der Waals surface area (Å²) in [5, 5.41) is 5.44. The molecule has 0 aromatic heterocycles. The van der Waals surface area contributed by atoms with Gasteiger partial charge in [0.2, 0.25) is 11.8 Å². The highest BCUT2D eigenvalue weighted by Gasteiger charge is 2.30. The monoisotopic (exact) mass is 406 g/mol. The van der Waals surface area contributed by atoms with Gasteiger partial charge in [-0.05, 0) is 57.5 Å². The van der Waals surface area contributed by atoms with Gasteiger partial charge in [-0.15, -0.1) is 0 Å². The number of likely N-dealkylation sites (tertiary alicyclic amines) is 2. The van der Waals surface area contributed by atoms with E-state index in [9.17, 15) is 14.4 Å². The van der Waals surface area contributed by atoms with E-state index in [1.807, 2.05) is 0 Å². The summed E-state index contributed by atoms with van der Waals surface area (Å²) in [4.78, 5) is 41.3. The molecule has 3 rings (SSSR count). The van der Waals surface area contributed by atoms with E-state index in [2.05, 4.69) is 27.4 Å². The zero-order chi connectivity index (χ0) is 20.6. The normalized spacial score (nSPS) is 27.1. The molecule has 3 fully saturated rings. The Kier molecular flexibility index (Phi) is 8.33. The van der Waals surface area contributed by atoms with Crippen molar-refractivity contribution < 1.29 is 14.4 Å². The van der Waals surface area contributed by atoms with Crippen LogP contribution in [-0.2, 0) is 9.59 Å². The Hall–Kier alpha value is -1.63. The van der Waals surface area contributed by atoms with Crippen LogP contribution < -0.4 is 10.6 Å². The molecule has 2 atom stereocenters. The third-order valence-electron chi connectivity index (χ3n) is 6.90. The van der Waals surface area contributed by atoms with Gasteiger partial charge in [0.1, 0.15) is 0 Å². The minimum Gasteiger partial charge on any atom is -0.342 e. The number of piperidine rings is 1. The molecule has 164 valence electrons. The number of hydrogen-bond donors (Lipinski definition) is 2. The smallest absolute Gasteiger partial charge is 0.321 e. The van der Waals surface area contributed by atoms with Crippen molar-refractivity contribution in [1.29, 1.82) is 0 Å². The molecule has 2 unspecified atom stereocenters. The lowest BCUT2D eigenvalue weighted by atomic mass is 9.86. The Labute approximate surface area is 174 Å². The third kappa shape index (κ3) is 6.69. The van der Waals surface area contributed by atoms with E-state index < -0.39 is 0 Å². The first-order chi connectivity index (χ1) is 14.0. The van der Waals surface area contributed by atoms with E-state index in [4.69, 9.17) is 0 Å². The Morgan fingerprint density at radius 1 is 0.828 bits per heavy atom. The second-order valence-corrected chi connectivity index (χ2v) is 9.18. The molecular formula is C22H38N4O3. The summed E-state index contributed by atoms with van der Waals surface area (Å²) in [7, 11) is 0. The fourth-order valence-corrected chi connectivity index (χ4v) is 4.99. The lowest BCUT2D eigenvalue weighted by molar-refractivity contribution is -0.137. The van der Waals surface area contributed by atoms with E-state index >= 15 is 0 Å². The molecule has 0 bridgehead atoms. The summed E-state index contributed by atoms with van der Waals surface area (Å²) in [5.74, 6) is 0.592. The molecule has 0 radical (unpaired) electrons. The van der Waals surface area contributed by atoms with Gasteiger partial charge in [-0.1, -0.05) is 32.6 Å². The number of carbonyl (C=O) groups excluding carboxylic acids is 3. The number of imide groups is 1. The standard InChI is InChI=1S/C22H38N4O3/c1-17-8-4-5-9-19(17)23-22(29)24-20(27)16-25-14-10-18(11-15-25)21(28)26-12-6-2-3-7-13-26/h17-19H,2-16H2,1H3,(H2,23,24,27,29). The minimum atomic E-state index is -0.375. The highest BCUT2D eigenvalue weighted by Crippen LogP contribution is 2.24. The Morgan fingerprint density at radius 3 is 2.14 bits per heavy atom. The van der Waals surface area contributed by atoms with Gasteiger partial charge in [0.05, 0.1) is 6.54 Å². The maximum atomic E-state index is 12.8. The van der Waals surface area contributed by atoms with Crippen molar-refractivity contribution >= 4 is 17.8 Å². The van der Waals surface area contributed by atoms with Crippen molar-refractivity contribution in [1.82, 2.24) is 20.4 Å². The van der Waals surface area contributed by atoms with Gasteiger partial charge in [0.15, 0.2) is 0 Å². The van der Waals surface area contributed by atoms with Crippen molar-refractivity contribution in [3.8, 4) is 0 Å². The molecule has 3 aliphatic rings. The van der Waals surface area contributed by atoms with E-state index in [0.29, 0.717) is 11.8 Å². The first-order valence-electron chi connectivity index (χ1n) is 11.6. The van der Waals surface area contributed by atoms with Crippen molar-refractivity contribution in [3.05, 3.63) is 0 Å². The number of hydrogen-bond acceptors (Lipinski definition) is 4. The van der Waals surface area contributed by atoms with Crippen molar-refractivity contribution in [3.63, 3.8) is 0 Å². The minimum absolute atomic E-state index is 0.0866. The molecular weight excluding hydrogens is 368 g/mol. The molecule has 7 heteroatoms. The maximum Gasteiger partial charge on any atom is 0.321 e. The molecule has 0 spiro atoms. The lowest BCUT2D eigenvalue weighted by Crippen LogP contribution is -2.51. The molecule has 7 nitrogen and oxygen atoms in total. The summed E-state index contributed by atoms with van der Waals surface area (Å²) < 4.78 is 0. The van der Waals surface area contributed by atoms with Gasteiger partial charge >= 0.3 is 6.03 Å². The largest absolute Gasteiger partial charge is 0.342 e. The average molecular weight is 407 g/mol. The zero-order valence-corrected chi connectivity index (χ0v) is 18.0. The predicted octanol–water partition coefficient (Wildman–Crippen LogP) is 2.51. The van der Waals surface area contributed by atoms with Crippen LogP contribution in [0.25, 0.3) is 0 Å². The van der Waals surface area contributed by atoms with Gasteiger partial charge in [0, 0.05) is 25.0 Å². The number of rotatable bonds is 4. The molecule has 0 aromatic rings. The predicted molar refractivity (Wildman–Crippen MR) is 112 cm³/mol. The summed E-state index contributed by atoms with van der Waals surface area (Å²) in [5.41, 5.74) is 0. The van der Waals surface area contributed by atoms with Crippen LogP contribution in [0.1, 0.15) is 71.1 Å². The Morgan fingerprint density at radius 2 is 1.48 bits per heavy atom. The second kappa shape index (κ2) is 11.0. The Balaban J connectivity index is 1.35. The molecule has 29 heavy (non-hydrogen) atoms. The number of carbonyl (C=O) groups is 3. The van der Waals surface area contributed by atoms with E-state index in [-0.39, 0.29) is 30.4 Å². The van der Waals surface area contributed by atoms with Gasteiger partial charge in [0.25, 0.3) is 0 Å². The van der Waals surface area contributed by atoms with Crippen LogP contribution in [0, 0.1) is 11.8 Å². The quantitative estimate of drug-likeness (QED) is 0.752. The lowest BCUT2D eigenvalue weighted by Gasteiger charge is -2.33. The third-order valence-corrected chi connectivity index (χ3v) is 6.90. The molecule has 0 aromatic carbocycles. The van der Waals surface area contributed by atoms with Crippen LogP contribution in [0.3, 0.4) is 0 Å². The summed E-state index contributed by atoms with van der Waals surface area (Å²) in [6, 6.07) is -0.211. The highest BCUT2D eigenvalue weighted by atomic mass is 16.2. The second-order valence-electron chi connectivity index (χ2n) is 9.18. The number of urea groups is 1. The van der Waals surface area contributed by atoms with Crippen LogP contribution in [0.15, 0.2) is 0 Å². The van der Waals surface area contributed by atoms with Crippen LogP contribution >= 0.6 is 0 Å². The molecule has 2 saturated heterocycles. The molecule has 2 heterocycles. The maximum absolute atomic E-state index is 12.8. The average Bonchev–Trinajstić information content (AvgIpc) is 2.99.